The first-order chi connectivity index (χ1) is 23.3. The quantitative estimate of drug-likeness (QED) is 0.196. The molecule has 6 nitrogen and oxygen atoms in total. The molecule has 47 heavy (non-hydrogen) atoms. The number of hydrogen-bond acceptors (Lipinski definition) is 5. The minimum absolute atomic E-state index is 0.866. The molecule has 9 rings (SSSR count). The first-order valence-electron chi connectivity index (χ1n) is 15.5. The summed E-state index contributed by atoms with van der Waals surface area (Å²) in [7, 11) is 0. The van der Waals surface area contributed by atoms with Crippen LogP contribution in [0.2, 0.25) is 0 Å². The van der Waals surface area contributed by atoms with Gasteiger partial charge >= 0.3 is 0 Å². The molecule has 9 aromatic rings. The summed E-state index contributed by atoms with van der Waals surface area (Å²) < 4.78 is 2.13. The summed E-state index contributed by atoms with van der Waals surface area (Å²) in [6.45, 7) is 0. The topological polar surface area (TPSA) is 68.9 Å². The molecule has 0 aliphatic rings. The summed E-state index contributed by atoms with van der Waals surface area (Å²) in [5.74, 6) is 0. The van der Waals surface area contributed by atoms with Crippen molar-refractivity contribution in [2.45, 2.75) is 0 Å². The number of imidazole rings is 1. The Hall–Kier alpha value is -6.53. The number of aromatic nitrogens is 6. The zero-order valence-corrected chi connectivity index (χ0v) is 25.2. The highest BCUT2D eigenvalue weighted by atomic mass is 15.0. The fourth-order valence-corrected chi connectivity index (χ4v) is 6.28. The largest absolute Gasteiger partial charge is 0.298 e. The van der Waals surface area contributed by atoms with Gasteiger partial charge in [0.1, 0.15) is 11.2 Å². The Morgan fingerprint density at radius 1 is 0.447 bits per heavy atom. The van der Waals surface area contributed by atoms with E-state index in [0.717, 1.165) is 83.6 Å². The Bertz CT molecular complexity index is 2500. The van der Waals surface area contributed by atoms with Crippen LogP contribution in [-0.2, 0) is 0 Å². The molecular weight excluding hydrogens is 576 g/mol. The molecule has 220 valence electrons. The van der Waals surface area contributed by atoms with Gasteiger partial charge in [0, 0.05) is 53.1 Å². The Labute approximate surface area is 270 Å². The number of fused-ring (bicyclic) bond motifs is 5. The van der Waals surface area contributed by atoms with Gasteiger partial charge in [-0.1, -0.05) is 66.7 Å². The third-order valence-corrected chi connectivity index (χ3v) is 8.57. The van der Waals surface area contributed by atoms with E-state index in [4.69, 9.17) is 15.0 Å². The lowest BCUT2D eigenvalue weighted by Crippen LogP contribution is -1.93. The lowest BCUT2D eigenvalue weighted by atomic mass is 9.96. The van der Waals surface area contributed by atoms with Crippen molar-refractivity contribution in [3.8, 4) is 56.0 Å². The predicted molar refractivity (Wildman–Crippen MR) is 189 cm³/mol. The van der Waals surface area contributed by atoms with Gasteiger partial charge in [-0.25, -0.2) is 15.0 Å². The summed E-state index contributed by atoms with van der Waals surface area (Å²) in [5.41, 5.74) is 13.9. The molecule has 3 aromatic carbocycles. The summed E-state index contributed by atoms with van der Waals surface area (Å²) >= 11 is 0. The van der Waals surface area contributed by atoms with E-state index in [1.54, 1.807) is 12.4 Å². The number of pyridine rings is 5. The zero-order valence-electron chi connectivity index (χ0n) is 25.2. The third kappa shape index (κ3) is 4.80. The average molecular weight is 603 g/mol. The van der Waals surface area contributed by atoms with Crippen LogP contribution in [0.1, 0.15) is 0 Å². The van der Waals surface area contributed by atoms with E-state index in [-0.39, 0.29) is 0 Å². The van der Waals surface area contributed by atoms with Crippen molar-refractivity contribution in [1.82, 2.24) is 29.3 Å². The van der Waals surface area contributed by atoms with E-state index in [1.807, 2.05) is 67.0 Å². The number of para-hydroxylation sites is 1. The maximum Gasteiger partial charge on any atom is 0.137 e. The molecule has 0 amide bonds. The number of hydrogen-bond donors (Lipinski definition) is 0. The summed E-state index contributed by atoms with van der Waals surface area (Å²) in [4.78, 5) is 23.8. The monoisotopic (exact) mass is 602 g/mol. The van der Waals surface area contributed by atoms with Gasteiger partial charge < -0.3 is 0 Å². The van der Waals surface area contributed by atoms with Crippen molar-refractivity contribution in [3.05, 3.63) is 158 Å². The predicted octanol–water partition coefficient (Wildman–Crippen LogP) is 9.56. The van der Waals surface area contributed by atoms with Crippen molar-refractivity contribution < 1.29 is 0 Å². The Morgan fingerprint density at radius 2 is 1.11 bits per heavy atom. The van der Waals surface area contributed by atoms with E-state index in [0.29, 0.717) is 0 Å². The number of nitrogens with zero attached hydrogens (tertiary/aromatic N) is 6. The minimum Gasteiger partial charge on any atom is -0.298 e. The third-order valence-electron chi connectivity index (χ3n) is 8.57. The molecule has 0 saturated carbocycles. The van der Waals surface area contributed by atoms with Gasteiger partial charge in [0.2, 0.25) is 0 Å². The van der Waals surface area contributed by atoms with E-state index in [2.05, 4.69) is 93.4 Å². The van der Waals surface area contributed by atoms with Crippen LogP contribution in [0, 0.1) is 0 Å². The lowest BCUT2D eigenvalue weighted by Gasteiger charge is -2.12. The van der Waals surface area contributed by atoms with Gasteiger partial charge in [0.05, 0.1) is 28.1 Å². The number of benzene rings is 3. The first kappa shape index (κ1) is 26.8. The van der Waals surface area contributed by atoms with Crippen LogP contribution < -0.4 is 0 Å². The highest BCUT2D eigenvalue weighted by Gasteiger charge is 2.16. The molecule has 6 heteroatoms. The van der Waals surface area contributed by atoms with Crippen molar-refractivity contribution in [2.75, 3.05) is 0 Å². The van der Waals surface area contributed by atoms with Crippen LogP contribution in [-0.4, -0.2) is 29.3 Å². The Kier molecular flexibility index (Phi) is 6.35. The van der Waals surface area contributed by atoms with Crippen molar-refractivity contribution in [2.24, 2.45) is 0 Å². The van der Waals surface area contributed by atoms with Gasteiger partial charge in [0.15, 0.2) is 0 Å². The second-order valence-electron chi connectivity index (χ2n) is 11.5. The van der Waals surface area contributed by atoms with Crippen LogP contribution >= 0.6 is 0 Å². The highest BCUT2D eigenvalue weighted by Crippen LogP contribution is 2.35. The second kappa shape index (κ2) is 11.1. The fraction of sp³-hybridized carbons (Fsp3) is 0. The molecule has 0 radical (unpaired) electrons. The molecule has 0 atom stereocenters. The van der Waals surface area contributed by atoms with Gasteiger partial charge in [-0.15, -0.1) is 0 Å². The van der Waals surface area contributed by atoms with Gasteiger partial charge in [-0.3, -0.25) is 14.4 Å². The van der Waals surface area contributed by atoms with Crippen LogP contribution in [0.3, 0.4) is 0 Å². The van der Waals surface area contributed by atoms with Crippen LogP contribution in [0.5, 0.6) is 0 Å². The average Bonchev–Trinajstić information content (AvgIpc) is 3.55. The molecule has 0 unspecified atom stereocenters. The standard InChI is InChI=1S/C41H26N6/c1-2-13-35-34(12-1)40-41(47-21-4-3-14-38(47)46-40)39(45-35)28-17-15-27(16-18-28)29-8-5-9-30(22-29)33-23-36(31-10-6-19-42-25-31)44-37(24-33)32-11-7-20-43-26-32/h1-26H. The molecule has 0 N–H and O–H groups in total. The van der Waals surface area contributed by atoms with Gasteiger partial charge in [0.25, 0.3) is 0 Å². The molecule has 6 heterocycles. The molecule has 0 aliphatic carbocycles. The fourth-order valence-electron chi connectivity index (χ4n) is 6.28. The van der Waals surface area contributed by atoms with Gasteiger partial charge in [-0.05, 0) is 82.9 Å². The Balaban J connectivity index is 1.13. The number of rotatable bonds is 5. The van der Waals surface area contributed by atoms with Crippen LogP contribution in [0.15, 0.2) is 158 Å². The van der Waals surface area contributed by atoms with E-state index in [9.17, 15) is 0 Å². The maximum atomic E-state index is 5.14. The van der Waals surface area contributed by atoms with Crippen molar-refractivity contribution >= 4 is 27.6 Å². The molecule has 0 saturated heterocycles. The normalized spacial score (nSPS) is 11.4. The van der Waals surface area contributed by atoms with Crippen molar-refractivity contribution in [3.63, 3.8) is 0 Å². The van der Waals surface area contributed by atoms with Crippen LogP contribution in [0.25, 0.3) is 83.6 Å². The van der Waals surface area contributed by atoms with E-state index < -0.39 is 0 Å². The zero-order chi connectivity index (χ0) is 31.2. The maximum absolute atomic E-state index is 5.14. The summed E-state index contributed by atoms with van der Waals surface area (Å²) in [6, 6.07) is 43.8. The highest BCUT2D eigenvalue weighted by molar-refractivity contribution is 6.09. The first-order valence-corrected chi connectivity index (χ1v) is 15.5. The SMILES string of the molecule is c1cc(-c2ccc(-c3nc4ccccc4c4nc5ccccn5c34)cc2)cc(-c2cc(-c3cccnc3)nc(-c3cccnc3)c2)c1. The molecule has 0 aliphatic heterocycles. The summed E-state index contributed by atoms with van der Waals surface area (Å²) in [5, 5.41) is 1.05. The molecular formula is C41H26N6. The molecule has 6 aromatic heterocycles. The Morgan fingerprint density at radius 3 is 1.83 bits per heavy atom. The molecule has 0 bridgehead atoms. The lowest BCUT2D eigenvalue weighted by molar-refractivity contribution is 1.22. The van der Waals surface area contributed by atoms with E-state index in [1.165, 1.54) is 0 Å². The van der Waals surface area contributed by atoms with Gasteiger partial charge in [-0.2, -0.15) is 0 Å². The molecule has 0 fully saturated rings. The summed E-state index contributed by atoms with van der Waals surface area (Å²) in [6.07, 6.45) is 9.31. The van der Waals surface area contributed by atoms with E-state index >= 15 is 0 Å². The van der Waals surface area contributed by atoms with Crippen LogP contribution in [0.4, 0.5) is 0 Å². The molecule has 0 spiro atoms. The smallest absolute Gasteiger partial charge is 0.137 e. The van der Waals surface area contributed by atoms with Crippen molar-refractivity contribution in [1.29, 1.82) is 0 Å². The minimum atomic E-state index is 0.866. The second-order valence-corrected chi connectivity index (χ2v) is 11.5.